The van der Waals surface area contributed by atoms with Crippen LogP contribution >= 0.6 is 0 Å². The molecule has 0 bridgehead atoms. The van der Waals surface area contributed by atoms with Gasteiger partial charge >= 0.3 is 11.9 Å². The summed E-state index contributed by atoms with van der Waals surface area (Å²) in [4.78, 5) is 22.0. The van der Waals surface area contributed by atoms with E-state index in [0.29, 0.717) is 6.42 Å². The third-order valence-electron chi connectivity index (χ3n) is 2.85. The molecule has 0 aromatic carbocycles. The molecule has 0 amide bonds. The maximum Gasteiger partial charge on any atom is 0.303 e. The van der Waals surface area contributed by atoms with Crippen LogP contribution in [0.25, 0.3) is 0 Å². The van der Waals surface area contributed by atoms with Crippen LogP contribution in [0.15, 0.2) is 35.5 Å². The first-order valence-electron chi connectivity index (χ1n) is 7.48. The van der Waals surface area contributed by atoms with E-state index in [9.17, 15) is 9.59 Å². The first kappa shape index (κ1) is 20.2. The van der Waals surface area contributed by atoms with Crippen LogP contribution in [0.5, 0.6) is 0 Å². The third kappa shape index (κ3) is 11.9. The smallest absolute Gasteiger partial charge is 0.303 e. The van der Waals surface area contributed by atoms with Crippen LogP contribution in [0.2, 0.25) is 0 Å². The van der Waals surface area contributed by atoms with Crippen LogP contribution in [0.4, 0.5) is 0 Å². The molecule has 0 spiro atoms. The molecule has 0 fully saturated rings. The lowest BCUT2D eigenvalue weighted by Gasteiger charge is -2.16. The second-order valence-corrected chi connectivity index (χ2v) is 5.72. The summed E-state index contributed by atoms with van der Waals surface area (Å²) in [7, 11) is 0. The van der Waals surface area contributed by atoms with Crippen molar-refractivity contribution < 1.29 is 19.1 Å². The lowest BCUT2D eigenvalue weighted by atomic mass is 10.0. The van der Waals surface area contributed by atoms with Crippen molar-refractivity contribution in [3.8, 4) is 0 Å². The molecule has 0 saturated heterocycles. The Morgan fingerprint density at radius 2 is 1.73 bits per heavy atom. The molecule has 0 radical (unpaired) electrons. The fraction of sp³-hybridized carbons (Fsp3) is 0.556. The van der Waals surface area contributed by atoms with Crippen molar-refractivity contribution in [1.82, 2.24) is 0 Å². The standard InChI is InChI=1S/C18H28O4/c1-13(2)8-7-9-14(3)10-18(22-17(6)20)11-15(4)12-21-16(5)19/h8,10,18H,4,7,9,11-12H2,1-3,5-6H3/b14-10+. The monoisotopic (exact) mass is 308 g/mol. The summed E-state index contributed by atoms with van der Waals surface area (Å²) in [6.07, 6.45) is 6.09. The van der Waals surface area contributed by atoms with E-state index in [1.54, 1.807) is 0 Å². The van der Waals surface area contributed by atoms with E-state index < -0.39 is 0 Å². The number of carbonyl (C=O) groups excluding carboxylic acids is 2. The Balaban J connectivity index is 4.61. The summed E-state index contributed by atoms with van der Waals surface area (Å²) in [5, 5.41) is 0. The number of ether oxygens (including phenoxy) is 2. The fourth-order valence-corrected chi connectivity index (χ4v) is 1.88. The van der Waals surface area contributed by atoms with Gasteiger partial charge in [0.2, 0.25) is 0 Å². The van der Waals surface area contributed by atoms with Crippen molar-refractivity contribution in [2.45, 2.75) is 60.0 Å². The number of carbonyl (C=O) groups is 2. The fourth-order valence-electron chi connectivity index (χ4n) is 1.88. The Morgan fingerprint density at radius 3 is 2.23 bits per heavy atom. The number of esters is 2. The molecular weight excluding hydrogens is 280 g/mol. The van der Waals surface area contributed by atoms with Crippen molar-refractivity contribution in [3.63, 3.8) is 0 Å². The Kier molecular flexibility index (Phi) is 9.92. The Labute approximate surface area is 133 Å². The Morgan fingerprint density at radius 1 is 1.09 bits per heavy atom. The Bertz CT molecular complexity index is 454. The van der Waals surface area contributed by atoms with Crippen LogP contribution in [0, 0.1) is 0 Å². The first-order valence-corrected chi connectivity index (χ1v) is 7.48. The summed E-state index contributed by atoms with van der Waals surface area (Å²) in [5.74, 6) is -0.683. The van der Waals surface area contributed by atoms with E-state index in [-0.39, 0.29) is 24.6 Å². The van der Waals surface area contributed by atoms with Gasteiger partial charge in [-0.25, -0.2) is 0 Å². The van der Waals surface area contributed by atoms with Crippen LogP contribution in [0.3, 0.4) is 0 Å². The zero-order chi connectivity index (χ0) is 17.1. The predicted molar refractivity (Wildman–Crippen MR) is 88.4 cm³/mol. The van der Waals surface area contributed by atoms with Gasteiger partial charge in [-0.2, -0.15) is 0 Å². The predicted octanol–water partition coefficient (Wildman–Crippen LogP) is 4.12. The van der Waals surface area contributed by atoms with Crippen molar-refractivity contribution in [2.75, 3.05) is 6.61 Å². The van der Waals surface area contributed by atoms with E-state index in [1.807, 2.05) is 13.0 Å². The molecule has 4 nitrogen and oxygen atoms in total. The van der Waals surface area contributed by atoms with Gasteiger partial charge in [-0.3, -0.25) is 9.59 Å². The molecule has 1 unspecified atom stereocenters. The minimum Gasteiger partial charge on any atom is -0.461 e. The normalized spacial score (nSPS) is 12.3. The number of rotatable bonds is 9. The van der Waals surface area contributed by atoms with Crippen LogP contribution < -0.4 is 0 Å². The van der Waals surface area contributed by atoms with Crippen LogP contribution in [-0.4, -0.2) is 24.6 Å². The van der Waals surface area contributed by atoms with E-state index in [2.05, 4.69) is 26.5 Å². The Hall–Kier alpha value is -1.84. The molecule has 0 aliphatic heterocycles. The molecule has 22 heavy (non-hydrogen) atoms. The zero-order valence-electron chi connectivity index (χ0n) is 14.4. The van der Waals surface area contributed by atoms with E-state index in [4.69, 9.17) is 9.47 Å². The molecular formula is C18H28O4. The van der Waals surface area contributed by atoms with Gasteiger partial charge in [0, 0.05) is 20.3 Å². The van der Waals surface area contributed by atoms with Gasteiger partial charge in [0.1, 0.15) is 12.7 Å². The van der Waals surface area contributed by atoms with Gasteiger partial charge < -0.3 is 9.47 Å². The van der Waals surface area contributed by atoms with Crippen LogP contribution in [0.1, 0.15) is 53.9 Å². The first-order chi connectivity index (χ1) is 10.2. The summed E-state index contributed by atoms with van der Waals surface area (Å²) >= 11 is 0. The van der Waals surface area contributed by atoms with Gasteiger partial charge in [-0.15, -0.1) is 0 Å². The average molecular weight is 308 g/mol. The minimum absolute atomic E-state index is 0.151. The van der Waals surface area contributed by atoms with E-state index in [0.717, 1.165) is 24.0 Å². The quantitative estimate of drug-likeness (QED) is 0.475. The highest BCUT2D eigenvalue weighted by Crippen LogP contribution is 2.15. The molecule has 0 rings (SSSR count). The average Bonchev–Trinajstić information content (AvgIpc) is 2.34. The lowest BCUT2D eigenvalue weighted by Crippen LogP contribution is -2.17. The summed E-state index contributed by atoms with van der Waals surface area (Å²) in [6, 6.07) is 0. The lowest BCUT2D eigenvalue weighted by molar-refractivity contribution is -0.145. The summed E-state index contributed by atoms with van der Waals surface area (Å²) < 4.78 is 10.2. The molecule has 0 N–H and O–H groups in total. The van der Waals surface area contributed by atoms with Crippen molar-refractivity contribution in [1.29, 1.82) is 0 Å². The topological polar surface area (TPSA) is 52.6 Å². The van der Waals surface area contributed by atoms with Gasteiger partial charge in [-0.1, -0.05) is 23.8 Å². The number of allylic oxidation sites excluding steroid dienone is 3. The molecule has 0 saturated carbocycles. The number of hydrogen-bond donors (Lipinski definition) is 0. The van der Waals surface area contributed by atoms with Crippen LogP contribution in [-0.2, 0) is 19.1 Å². The molecule has 0 aromatic heterocycles. The molecule has 0 aliphatic rings. The summed E-state index contributed by atoms with van der Waals surface area (Å²) in [5.41, 5.74) is 3.16. The van der Waals surface area contributed by atoms with Gasteiger partial charge in [0.15, 0.2) is 0 Å². The highest BCUT2D eigenvalue weighted by molar-refractivity contribution is 5.66. The summed E-state index contributed by atoms with van der Waals surface area (Å²) in [6.45, 7) is 12.9. The number of hydrogen-bond acceptors (Lipinski definition) is 4. The minimum atomic E-state index is -0.368. The highest BCUT2D eigenvalue weighted by Gasteiger charge is 2.12. The SMILES string of the molecule is C=C(COC(C)=O)CC(/C=C(\C)CCC=C(C)C)OC(C)=O. The molecule has 1 atom stereocenters. The molecule has 0 heterocycles. The van der Waals surface area contributed by atoms with Crippen molar-refractivity contribution in [2.24, 2.45) is 0 Å². The van der Waals surface area contributed by atoms with Crippen molar-refractivity contribution >= 4 is 11.9 Å². The molecule has 0 aromatic rings. The third-order valence-corrected chi connectivity index (χ3v) is 2.85. The second-order valence-electron chi connectivity index (χ2n) is 5.72. The van der Waals surface area contributed by atoms with E-state index in [1.165, 1.54) is 19.4 Å². The maximum absolute atomic E-state index is 11.2. The molecule has 0 aliphatic carbocycles. The van der Waals surface area contributed by atoms with Gasteiger partial charge in [0.25, 0.3) is 0 Å². The van der Waals surface area contributed by atoms with Crippen molar-refractivity contribution in [3.05, 3.63) is 35.5 Å². The largest absolute Gasteiger partial charge is 0.461 e. The highest BCUT2D eigenvalue weighted by atomic mass is 16.5. The maximum atomic E-state index is 11.2. The van der Waals surface area contributed by atoms with Gasteiger partial charge in [0.05, 0.1) is 0 Å². The second kappa shape index (κ2) is 10.8. The molecule has 124 valence electrons. The van der Waals surface area contributed by atoms with E-state index >= 15 is 0 Å². The van der Waals surface area contributed by atoms with Gasteiger partial charge in [-0.05, 0) is 45.3 Å². The molecule has 4 heteroatoms. The zero-order valence-corrected chi connectivity index (χ0v) is 14.4.